The Morgan fingerprint density at radius 1 is 1.40 bits per heavy atom. The number of nitrogen functional groups attached to an aromatic ring is 2. The standard InChI is InChI=1S/C8H14N6O/c1-4(2)8(15)13-6-5(9)7(14-10)12-3-11-6/h3-4H,9-10H2,1-2H3,(H2,11,12,13,14,15). The maximum absolute atomic E-state index is 11.4. The summed E-state index contributed by atoms with van der Waals surface area (Å²) < 4.78 is 0. The van der Waals surface area contributed by atoms with Crippen LogP contribution in [0, 0.1) is 5.92 Å². The van der Waals surface area contributed by atoms with Crippen molar-refractivity contribution < 1.29 is 4.79 Å². The molecule has 7 heteroatoms. The molecule has 82 valence electrons. The lowest BCUT2D eigenvalue weighted by Crippen LogP contribution is -2.20. The van der Waals surface area contributed by atoms with Crippen molar-refractivity contribution in [3.05, 3.63) is 6.33 Å². The molecule has 0 saturated heterocycles. The first-order chi connectivity index (χ1) is 7.06. The summed E-state index contributed by atoms with van der Waals surface area (Å²) in [5.74, 6) is 5.41. The van der Waals surface area contributed by atoms with Crippen LogP contribution >= 0.6 is 0 Å². The van der Waals surface area contributed by atoms with Crippen molar-refractivity contribution in [1.82, 2.24) is 9.97 Å². The van der Waals surface area contributed by atoms with Gasteiger partial charge in [-0.1, -0.05) is 13.8 Å². The quantitative estimate of drug-likeness (QED) is 0.410. The zero-order chi connectivity index (χ0) is 11.4. The summed E-state index contributed by atoms with van der Waals surface area (Å²) in [4.78, 5) is 19.0. The van der Waals surface area contributed by atoms with E-state index in [2.05, 4.69) is 20.7 Å². The van der Waals surface area contributed by atoms with E-state index in [1.165, 1.54) is 6.33 Å². The molecule has 0 aliphatic rings. The summed E-state index contributed by atoms with van der Waals surface area (Å²) in [5, 5.41) is 2.57. The zero-order valence-corrected chi connectivity index (χ0v) is 8.61. The Morgan fingerprint density at radius 2 is 2.00 bits per heavy atom. The van der Waals surface area contributed by atoms with Crippen molar-refractivity contribution in [1.29, 1.82) is 0 Å². The Labute approximate surface area is 87.2 Å². The Kier molecular flexibility index (Phi) is 3.40. The van der Waals surface area contributed by atoms with Gasteiger partial charge in [-0.3, -0.25) is 4.79 Å². The van der Waals surface area contributed by atoms with Gasteiger partial charge in [-0.15, -0.1) is 0 Å². The van der Waals surface area contributed by atoms with Crippen LogP contribution in [0.1, 0.15) is 13.8 Å². The van der Waals surface area contributed by atoms with E-state index in [-0.39, 0.29) is 29.1 Å². The minimum atomic E-state index is -0.164. The number of carbonyl (C=O) groups excluding carboxylic acids is 1. The largest absolute Gasteiger partial charge is 0.393 e. The molecule has 0 radical (unpaired) electrons. The van der Waals surface area contributed by atoms with Gasteiger partial charge in [0.1, 0.15) is 12.0 Å². The molecule has 0 aliphatic carbocycles. The smallest absolute Gasteiger partial charge is 0.228 e. The number of nitrogens with zero attached hydrogens (tertiary/aromatic N) is 2. The van der Waals surface area contributed by atoms with Gasteiger partial charge >= 0.3 is 0 Å². The lowest BCUT2D eigenvalue weighted by atomic mass is 10.2. The average Bonchev–Trinajstić information content (AvgIpc) is 2.21. The van der Waals surface area contributed by atoms with Crippen molar-refractivity contribution in [3.8, 4) is 0 Å². The second-order valence-corrected chi connectivity index (χ2v) is 3.27. The van der Waals surface area contributed by atoms with Gasteiger partial charge in [0.15, 0.2) is 11.6 Å². The molecule has 1 aromatic heterocycles. The monoisotopic (exact) mass is 210 g/mol. The SMILES string of the molecule is CC(C)C(=O)Nc1ncnc(NN)c1N. The van der Waals surface area contributed by atoms with Crippen molar-refractivity contribution in [3.63, 3.8) is 0 Å². The molecule has 0 bridgehead atoms. The van der Waals surface area contributed by atoms with E-state index in [0.29, 0.717) is 0 Å². The van der Waals surface area contributed by atoms with Crippen LogP contribution in [0.2, 0.25) is 0 Å². The number of hydrazine groups is 1. The summed E-state index contributed by atoms with van der Waals surface area (Å²) in [5.41, 5.74) is 8.19. The van der Waals surface area contributed by atoms with Crippen LogP contribution in [-0.2, 0) is 4.79 Å². The number of hydrogen-bond donors (Lipinski definition) is 4. The topological polar surface area (TPSA) is 119 Å². The van der Waals surface area contributed by atoms with Crippen LogP contribution in [0.5, 0.6) is 0 Å². The Bertz CT molecular complexity index is 364. The number of amides is 1. The second-order valence-electron chi connectivity index (χ2n) is 3.27. The third-order valence-corrected chi connectivity index (χ3v) is 1.79. The van der Waals surface area contributed by atoms with Crippen LogP contribution in [0.25, 0.3) is 0 Å². The highest BCUT2D eigenvalue weighted by molar-refractivity contribution is 5.95. The number of anilines is 3. The minimum Gasteiger partial charge on any atom is -0.393 e. The molecule has 0 aliphatic heterocycles. The molecule has 1 heterocycles. The molecule has 0 unspecified atom stereocenters. The zero-order valence-electron chi connectivity index (χ0n) is 8.61. The lowest BCUT2D eigenvalue weighted by molar-refractivity contribution is -0.118. The third-order valence-electron chi connectivity index (χ3n) is 1.79. The summed E-state index contributed by atoms with van der Waals surface area (Å²) in [6.07, 6.45) is 1.27. The van der Waals surface area contributed by atoms with Crippen LogP contribution in [0.15, 0.2) is 6.33 Å². The van der Waals surface area contributed by atoms with E-state index in [1.54, 1.807) is 13.8 Å². The highest BCUT2D eigenvalue weighted by Gasteiger charge is 2.12. The Balaban J connectivity index is 2.91. The highest BCUT2D eigenvalue weighted by atomic mass is 16.1. The van der Waals surface area contributed by atoms with Crippen LogP contribution < -0.4 is 22.3 Å². The van der Waals surface area contributed by atoms with E-state index in [1.807, 2.05) is 0 Å². The van der Waals surface area contributed by atoms with Crippen LogP contribution in [0.3, 0.4) is 0 Å². The summed E-state index contributed by atoms with van der Waals surface area (Å²) in [6, 6.07) is 0. The van der Waals surface area contributed by atoms with E-state index < -0.39 is 0 Å². The van der Waals surface area contributed by atoms with Crippen molar-refractivity contribution in [2.75, 3.05) is 16.5 Å². The summed E-state index contributed by atoms with van der Waals surface area (Å²) >= 11 is 0. The summed E-state index contributed by atoms with van der Waals surface area (Å²) in [6.45, 7) is 3.55. The van der Waals surface area contributed by atoms with Crippen molar-refractivity contribution in [2.24, 2.45) is 11.8 Å². The molecule has 0 saturated carbocycles. The molecular weight excluding hydrogens is 196 g/mol. The minimum absolute atomic E-state index is 0.145. The maximum atomic E-state index is 11.4. The number of nitrogens with one attached hydrogen (secondary N) is 2. The average molecular weight is 210 g/mol. The van der Waals surface area contributed by atoms with Gasteiger partial charge in [-0.2, -0.15) is 0 Å². The van der Waals surface area contributed by atoms with Gasteiger partial charge in [0.25, 0.3) is 0 Å². The first-order valence-corrected chi connectivity index (χ1v) is 4.44. The molecule has 0 fully saturated rings. The maximum Gasteiger partial charge on any atom is 0.228 e. The van der Waals surface area contributed by atoms with E-state index in [4.69, 9.17) is 11.6 Å². The van der Waals surface area contributed by atoms with Gasteiger partial charge in [-0.05, 0) is 0 Å². The molecule has 0 spiro atoms. The van der Waals surface area contributed by atoms with Gasteiger partial charge in [0.2, 0.25) is 5.91 Å². The normalized spacial score (nSPS) is 10.1. The van der Waals surface area contributed by atoms with E-state index in [9.17, 15) is 4.79 Å². The number of rotatable bonds is 3. The first kappa shape index (κ1) is 11.2. The number of hydrogen-bond acceptors (Lipinski definition) is 6. The molecule has 0 atom stereocenters. The van der Waals surface area contributed by atoms with Gasteiger partial charge in [0.05, 0.1) is 0 Å². The number of nitrogens with two attached hydrogens (primary N) is 2. The molecule has 7 nitrogen and oxygen atoms in total. The molecule has 1 rings (SSSR count). The fraction of sp³-hybridized carbons (Fsp3) is 0.375. The molecule has 15 heavy (non-hydrogen) atoms. The fourth-order valence-corrected chi connectivity index (χ4v) is 0.871. The number of aromatic nitrogens is 2. The summed E-state index contributed by atoms with van der Waals surface area (Å²) in [7, 11) is 0. The number of carbonyl (C=O) groups is 1. The van der Waals surface area contributed by atoms with Crippen molar-refractivity contribution in [2.45, 2.75) is 13.8 Å². The van der Waals surface area contributed by atoms with Crippen molar-refractivity contribution >= 4 is 23.2 Å². The van der Waals surface area contributed by atoms with Gasteiger partial charge in [-0.25, -0.2) is 15.8 Å². The van der Waals surface area contributed by atoms with Gasteiger partial charge in [0, 0.05) is 5.92 Å². The first-order valence-electron chi connectivity index (χ1n) is 4.44. The second kappa shape index (κ2) is 4.56. The Morgan fingerprint density at radius 3 is 2.53 bits per heavy atom. The predicted octanol–water partition coefficient (Wildman–Crippen LogP) is -0.0611. The molecule has 1 aromatic rings. The van der Waals surface area contributed by atoms with Crippen LogP contribution in [0.4, 0.5) is 17.3 Å². The van der Waals surface area contributed by atoms with Gasteiger partial charge < -0.3 is 16.5 Å². The molecule has 0 aromatic carbocycles. The molecule has 1 amide bonds. The Hall–Kier alpha value is -1.89. The highest BCUT2D eigenvalue weighted by Crippen LogP contribution is 2.21. The van der Waals surface area contributed by atoms with E-state index >= 15 is 0 Å². The lowest BCUT2D eigenvalue weighted by Gasteiger charge is -2.10. The predicted molar refractivity (Wildman–Crippen MR) is 57.7 cm³/mol. The van der Waals surface area contributed by atoms with E-state index in [0.717, 1.165) is 0 Å². The van der Waals surface area contributed by atoms with Crippen LogP contribution in [-0.4, -0.2) is 15.9 Å². The molecular formula is C8H14N6O. The third kappa shape index (κ3) is 2.53. The molecule has 6 N–H and O–H groups in total. The fourth-order valence-electron chi connectivity index (χ4n) is 0.871.